The van der Waals surface area contributed by atoms with Crippen molar-refractivity contribution in [2.45, 2.75) is 59.0 Å². The summed E-state index contributed by atoms with van der Waals surface area (Å²) >= 11 is 6.49. The summed E-state index contributed by atoms with van der Waals surface area (Å²) in [6.07, 6.45) is 7.61. The second-order valence-corrected chi connectivity index (χ2v) is 5.73. The second kappa shape index (κ2) is 5.60. The molecule has 0 fully saturated rings. The van der Waals surface area contributed by atoms with Crippen molar-refractivity contribution in [3.05, 3.63) is 34.1 Å². The fourth-order valence-corrected chi connectivity index (χ4v) is 3.33. The van der Waals surface area contributed by atoms with Crippen LogP contribution in [0.5, 0.6) is 0 Å². The Morgan fingerprint density at radius 2 is 2.05 bits per heavy atom. The summed E-state index contributed by atoms with van der Waals surface area (Å²) in [7, 11) is 0. The van der Waals surface area contributed by atoms with Gasteiger partial charge < -0.3 is 4.57 Å². The van der Waals surface area contributed by atoms with Gasteiger partial charge in [-0.15, -0.1) is 0 Å². The van der Waals surface area contributed by atoms with Crippen molar-refractivity contribution >= 4 is 11.6 Å². The fraction of sp³-hybridized carbons (Fsp3) is 0.600. The molecule has 3 rings (SSSR count). The smallest absolute Gasteiger partial charge is 0.0955 e. The Morgan fingerprint density at radius 1 is 1.25 bits per heavy atom. The van der Waals surface area contributed by atoms with Gasteiger partial charge in [0.05, 0.1) is 35.0 Å². The summed E-state index contributed by atoms with van der Waals surface area (Å²) in [4.78, 5) is 4.56. The molecule has 0 amide bonds. The Balaban J connectivity index is 1.95. The van der Waals surface area contributed by atoms with Crippen LogP contribution >= 0.6 is 11.6 Å². The van der Waals surface area contributed by atoms with Crippen molar-refractivity contribution in [1.29, 1.82) is 0 Å². The minimum Gasteiger partial charge on any atom is -0.328 e. The van der Waals surface area contributed by atoms with E-state index < -0.39 is 0 Å². The first-order chi connectivity index (χ1) is 9.74. The molecule has 20 heavy (non-hydrogen) atoms. The third-order valence-corrected chi connectivity index (χ3v) is 4.56. The monoisotopic (exact) mass is 292 g/mol. The molecule has 1 aliphatic rings. The summed E-state index contributed by atoms with van der Waals surface area (Å²) in [5.41, 5.74) is 4.76. The van der Waals surface area contributed by atoms with Gasteiger partial charge in [0.25, 0.3) is 0 Å². The first kappa shape index (κ1) is 13.7. The van der Waals surface area contributed by atoms with Crippen LogP contribution in [0.15, 0.2) is 6.33 Å². The third kappa shape index (κ3) is 2.26. The molecule has 1 aliphatic carbocycles. The highest BCUT2D eigenvalue weighted by molar-refractivity contribution is 6.31. The van der Waals surface area contributed by atoms with Crippen molar-refractivity contribution in [2.75, 3.05) is 0 Å². The van der Waals surface area contributed by atoms with Crippen LogP contribution in [0.2, 0.25) is 5.02 Å². The number of halogens is 1. The molecule has 5 heteroatoms. The Bertz CT molecular complexity index is 612. The fourth-order valence-electron chi connectivity index (χ4n) is 3.00. The van der Waals surface area contributed by atoms with Crippen LogP contribution in [-0.4, -0.2) is 19.3 Å². The molecular weight excluding hydrogens is 272 g/mol. The zero-order valence-electron chi connectivity index (χ0n) is 12.2. The predicted molar refractivity (Wildman–Crippen MR) is 80.3 cm³/mol. The van der Waals surface area contributed by atoms with Gasteiger partial charge in [-0.2, -0.15) is 5.10 Å². The topological polar surface area (TPSA) is 35.6 Å². The van der Waals surface area contributed by atoms with E-state index in [2.05, 4.69) is 28.5 Å². The maximum atomic E-state index is 6.49. The highest BCUT2D eigenvalue weighted by Gasteiger charge is 2.19. The van der Waals surface area contributed by atoms with Crippen molar-refractivity contribution < 1.29 is 0 Å². The van der Waals surface area contributed by atoms with E-state index >= 15 is 0 Å². The van der Waals surface area contributed by atoms with Gasteiger partial charge in [0, 0.05) is 12.2 Å². The van der Waals surface area contributed by atoms with Gasteiger partial charge in [0.15, 0.2) is 0 Å². The predicted octanol–water partition coefficient (Wildman–Crippen LogP) is 3.24. The van der Waals surface area contributed by atoms with Crippen LogP contribution < -0.4 is 0 Å². The van der Waals surface area contributed by atoms with Crippen molar-refractivity contribution in [3.8, 4) is 0 Å². The molecule has 108 valence electrons. The van der Waals surface area contributed by atoms with Gasteiger partial charge in [-0.25, -0.2) is 4.98 Å². The van der Waals surface area contributed by atoms with Crippen LogP contribution in [0.1, 0.15) is 49.5 Å². The second-order valence-electron chi connectivity index (χ2n) is 5.35. The molecule has 0 saturated heterocycles. The Kier molecular flexibility index (Phi) is 3.83. The molecule has 0 radical (unpaired) electrons. The van der Waals surface area contributed by atoms with Crippen LogP contribution in [0.4, 0.5) is 0 Å². The SMILES string of the molecule is CCc1nn(CC)c(Cn2cnc3c2CCCC3)c1Cl. The molecule has 0 atom stereocenters. The number of fused-ring (bicyclic) bond motifs is 1. The van der Waals surface area contributed by atoms with E-state index in [1.54, 1.807) is 0 Å². The lowest BCUT2D eigenvalue weighted by atomic mass is 10.0. The Hall–Kier alpha value is -1.29. The highest BCUT2D eigenvalue weighted by atomic mass is 35.5. The number of imidazole rings is 1. The van der Waals surface area contributed by atoms with Gasteiger partial charge in [-0.1, -0.05) is 18.5 Å². The van der Waals surface area contributed by atoms with Crippen LogP contribution in [0, 0.1) is 0 Å². The van der Waals surface area contributed by atoms with E-state index in [0.29, 0.717) is 0 Å². The molecule has 0 bridgehead atoms. The van der Waals surface area contributed by atoms with Gasteiger partial charge in [-0.05, 0) is 39.0 Å². The maximum absolute atomic E-state index is 6.49. The molecule has 0 unspecified atom stereocenters. The molecule has 0 saturated carbocycles. The van der Waals surface area contributed by atoms with E-state index in [-0.39, 0.29) is 0 Å². The first-order valence-electron chi connectivity index (χ1n) is 7.51. The van der Waals surface area contributed by atoms with Gasteiger partial charge in [0.2, 0.25) is 0 Å². The highest BCUT2D eigenvalue weighted by Crippen LogP contribution is 2.25. The van der Waals surface area contributed by atoms with Gasteiger partial charge in [-0.3, -0.25) is 4.68 Å². The number of hydrogen-bond donors (Lipinski definition) is 0. The zero-order valence-corrected chi connectivity index (χ0v) is 12.9. The molecule has 0 aliphatic heterocycles. The summed E-state index contributed by atoms with van der Waals surface area (Å²) in [5, 5.41) is 5.42. The number of aryl methyl sites for hydroxylation is 3. The largest absolute Gasteiger partial charge is 0.328 e. The number of rotatable bonds is 4. The third-order valence-electron chi connectivity index (χ3n) is 4.12. The summed E-state index contributed by atoms with van der Waals surface area (Å²) < 4.78 is 4.28. The Morgan fingerprint density at radius 3 is 2.80 bits per heavy atom. The average molecular weight is 293 g/mol. The summed E-state index contributed by atoms with van der Waals surface area (Å²) in [6, 6.07) is 0. The summed E-state index contributed by atoms with van der Waals surface area (Å²) in [5.74, 6) is 0. The lowest BCUT2D eigenvalue weighted by Gasteiger charge is -2.14. The molecule has 0 aromatic carbocycles. The van der Waals surface area contributed by atoms with Gasteiger partial charge in [0.1, 0.15) is 0 Å². The lowest BCUT2D eigenvalue weighted by Crippen LogP contribution is -2.12. The minimum atomic E-state index is 0.780. The lowest BCUT2D eigenvalue weighted by molar-refractivity contribution is 0.576. The number of aromatic nitrogens is 4. The van der Waals surface area contributed by atoms with E-state index in [1.165, 1.54) is 24.2 Å². The van der Waals surface area contributed by atoms with E-state index in [9.17, 15) is 0 Å². The van der Waals surface area contributed by atoms with Crippen molar-refractivity contribution in [3.63, 3.8) is 0 Å². The number of nitrogens with zero attached hydrogens (tertiary/aromatic N) is 4. The molecule has 2 aromatic heterocycles. The van der Waals surface area contributed by atoms with E-state index in [1.807, 2.05) is 11.0 Å². The molecule has 2 aromatic rings. The number of hydrogen-bond acceptors (Lipinski definition) is 2. The molecule has 0 N–H and O–H groups in total. The first-order valence-corrected chi connectivity index (χ1v) is 7.89. The minimum absolute atomic E-state index is 0.780. The Labute approximate surface area is 124 Å². The average Bonchev–Trinajstić information content (AvgIpc) is 3.02. The zero-order chi connectivity index (χ0) is 14.1. The normalized spacial score (nSPS) is 14.6. The molecule has 0 spiro atoms. The maximum Gasteiger partial charge on any atom is 0.0955 e. The van der Waals surface area contributed by atoms with E-state index in [4.69, 9.17) is 11.6 Å². The van der Waals surface area contributed by atoms with Crippen LogP contribution in [0.25, 0.3) is 0 Å². The quantitative estimate of drug-likeness (QED) is 0.867. The van der Waals surface area contributed by atoms with Crippen molar-refractivity contribution in [1.82, 2.24) is 19.3 Å². The molecule has 4 nitrogen and oxygen atoms in total. The molecular formula is C15H21ClN4. The van der Waals surface area contributed by atoms with Crippen molar-refractivity contribution in [2.24, 2.45) is 0 Å². The molecule has 2 heterocycles. The van der Waals surface area contributed by atoms with Crippen LogP contribution in [-0.2, 0) is 32.4 Å². The van der Waals surface area contributed by atoms with E-state index in [0.717, 1.165) is 48.8 Å². The van der Waals surface area contributed by atoms with Crippen LogP contribution in [0.3, 0.4) is 0 Å². The summed E-state index contributed by atoms with van der Waals surface area (Å²) in [6.45, 7) is 5.83. The van der Waals surface area contributed by atoms with Gasteiger partial charge >= 0.3 is 0 Å². The standard InChI is InChI=1S/C15H21ClN4/c1-3-11-15(16)14(20(4-2)18-11)9-19-10-17-12-7-5-6-8-13(12)19/h10H,3-9H2,1-2H3.